The number of aromatic nitrogens is 1. The van der Waals surface area contributed by atoms with Crippen LogP contribution in [0.1, 0.15) is 10.9 Å². The van der Waals surface area contributed by atoms with Crippen molar-refractivity contribution >= 4 is 32.9 Å². The Hall–Kier alpha value is -0.990. The van der Waals surface area contributed by atoms with Gasteiger partial charge in [-0.15, -0.1) is 11.3 Å². The molecule has 0 amide bonds. The Labute approximate surface area is 78.2 Å². The third kappa shape index (κ3) is 2.23. The van der Waals surface area contributed by atoms with Gasteiger partial charge in [-0.1, -0.05) is 0 Å². The standard InChI is InChI=1S/C5H5N2O4S2/c6-5-7-3(2-12-5)4(1-8)13(9,10)11/h2,4H,(H2,6,7)(H,9,10,11). The summed E-state index contributed by atoms with van der Waals surface area (Å²) in [7, 11) is -4.49. The Bertz CT molecular complexity index is 410. The predicted octanol–water partition coefficient (Wildman–Crippen LogP) is -0.236. The van der Waals surface area contributed by atoms with Crippen LogP contribution < -0.4 is 5.73 Å². The van der Waals surface area contributed by atoms with Crippen LogP contribution in [0.25, 0.3) is 0 Å². The lowest BCUT2D eigenvalue weighted by molar-refractivity contribution is 0.473. The Morgan fingerprint density at radius 1 is 1.69 bits per heavy atom. The minimum atomic E-state index is -4.49. The lowest BCUT2D eigenvalue weighted by atomic mass is 10.4. The maximum atomic E-state index is 10.6. The summed E-state index contributed by atoms with van der Waals surface area (Å²) in [5.41, 5.74) is 5.10. The number of rotatable bonds is 3. The second kappa shape index (κ2) is 3.40. The number of nitrogens with zero attached hydrogens (tertiary/aromatic N) is 1. The van der Waals surface area contributed by atoms with Crippen molar-refractivity contribution in [2.24, 2.45) is 0 Å². The average Bonchev–Trinajstić information content (AvgIpc) is 2.34. The molecule has 1 unspecified atom stereocenters. The van der Waals surface area contributed by atoms with Gasteiger partial charge in [-0.3, -0.25) is 9.35 Å². The molecule has 0 bridgehead atoms. The van der Waals surface area contributed by atoms with Crippen molar-refractivity contribution in [2.75, 3.05) is 5.73 Å². The molecule has 0 aliphatic rings. The highest BCUT2D eigenvalue weighted by atomic mass is 32.2. The van der Waals surface area contributed by atoms with Crippen LogP contribution >= 0.6 is 11.3 Å². The molecule has 0 aliphatic carbocycles. The van der Waals surface area contributed by atoms with Crippen LogP contribution in [-0.2, 0) is 14.9 Å². The monoisotopic (exact) mass is 221 g/mol. The fraction of sp³-hybridized carbons (Fsp3) is 0.200. The van der Waals surface area contributed by atoms with Crippen molar-refractivity contribution in [3.8, 4) is 0 Å². The molecule has 6 nitrogen and oxygen atoms in total. The van der Waals surface area contributed by atoms with Crippen molar-refractivity contribution in [3.05, 3.63) is 11.1 Å². The summed E-state index contributed by atoms with van der Waals surface area (Å²) < 4.78 is 29.8. The Kier molecular flexibility index (Phi) is 2.64. The molecule has 1 rings (SSSR count). The highest BCUT2D eigenvalue weighted by molar-refractivity contribution is 7.86. The van der Waals surface area contributed by atoms with E-state index in [9.17, 15) is 13.2 Å². The first-order valence-electron chi connectivity index (χ1n) is 3.00. The van der Waals surface area contributed by atoms with E-state index >= 15 is 0 Å². The summed E-state index contributed by atoms with van der Waals surface area (Å²) in [6, 6.07) is 0. The summed E-state index contributed by atoms with van der Waals surface area (Å²) >= 11 is 0.976. The smallest absolute Gasteiger partial charge is 0.281 e. The number of nitrogens with two attached hydrogens (primary N) is 1. The van der Waals surface area contributed by atoms with Gasteiger partial charge < -0.3 is 5.73 Å². The van der Waals surface area contributed by atoms with Crippen LogP contribution in [0.4, 0.5) is 5.13 Å². The third-order valence-electron chi connectivity index (χ3n) is 1.21. The van der Waals surface area contributed by atoms with Crippen LogP contribution in [0.2, 0.25) is 0 Å². The van der Waals surface area contributed by atoms with Crippen molar-refractivity contribution in [1.29, 1.82) is 0 Å². The minimum absolute atomic E-state index is 0.111. The van der Waals surface area contributed by atoms with Gasteiger partial charge >= 0.3 is 0 Å². The van der Waals surface area contributed by atoms with Gasteiger partial charge in [0, 0.05) is 5.38 Å². The molecule has 0 saturated carbocycles. The van der Waals surface area contributed by atoms with Crippen LogP contribution in [0.15, 0.2) is 5.38 Å². The highest BCUT2D eigenvalue weighted by Gasteiger charge is 2.27. The van der Waals surface area contributed by atoms with Crippen LogP contribution in [0.3, 0.4) is 0 Å². The van der Waals surface area contributed by atoms with Gasteiger partial charge in [0.25, 0.3) is 10.1 Å². The second-order valence-electron chi connectivity index (χ2n) is 2.12. The molecule has 0 spiro atoms. The first-order chi connectivity index (χ1) is 5.95. The molecule has 1 radical (unpaired) electrons. The van der Waals surface area contributed by atoms with Gasteiger partial charge in [0.05, 0.1) is 5.69 Å². The van der Waals surface area contributed by atoms with Crippen molar-refractivity contribution in [2.45, 2.75) is 5.25 Å². The van der Waals surface area contributed by atoms with Crippen molar-refractivity contribution < 1.29 is 17.8 Å². The number of nitrogen functional groups attached to an aromatic ring is 1. The highest BCUT2D eigenvalue weighted by Crippen LogP contribution is 2.22. The molecule has 3 N–H and O–H groups in total. The molecule has 0 saturated heterocycles. The Morgan fingerprint density at radius 3 is 2.62 bits per heavy atom. The van der Waals surface area contributed by atoms with Crippen LogP contribution in [0, 0.1) is 0 Å². The third-order valence-corrected chi connectivity index (χ3v) is 2.84. The lowest BCUT2D eigenvalue weighted by Gasteiger charge is -2.00. The molecular weight excluding hydrogens is 216 g/mol. The van der Waals surface area contributed by atoms with E-state index in [1.54, 1.807) is 0 Å². The van der Waals surface area contributed by atoms with Crippen LogP contribution in [0.5, 0.6) is 0 Å². The van der Waals surface area contributed by atoms with Gasteiger partial charge in [0.1, 0.15) is 0 Å². The molecule has 71 valence electrons. The second-order valence-corrected chi connectivity index (χ2v) is 4.51. The lowest BCUT2D eigenvalue weighted by Crippen LogP contribution is -2.13. The molecule has 8 heteroatoms. The molecule has 0 aromatic carbocycles. The maximum Gasteiger partial charge on any atom is 0.281 e. The van der Waals surface area contributed by atoms with Crippen molar-refractivity contribution in [3.63, 3.8) is 0 Å². The Morgan fingerprint density at radius 2 is 2.31 bits per heavy atom. The summed E-state index contributed by atoms with van der Waals surface area (Å²) in [6.07, 6.45) is 1.17. The summed E-state index contributed by atoms with van der Waals surface area (Å²) in [5.74, 6) is 0. The molecular formula is C5H5N2O4S2. The number of anilines is 1. The fourth-order valence-corrected chi connectivity index (χ4v) is 1.92. The van der Waals surface area contributed by atoms with Gasteiger partial charge in [-0.25, -0.2) is 4.98 Å². The molecule has 1 heterocycles. The maximum absolute atomic E-state index is 10.6. The van der Waals surface area contributed by atoms with E-state index < -0.39 is 15.4 Å². The summed E-state index contributed by atoms with van der Waals surface area (Å²) in [6.45, 7) is 0. The van der Waals surface area contributed by atoms with E-state index in [4.69, 9.17) is 10.3 Å². The molecule has 0 aliphatic heterocycles. The minimum Gasteiger partial charge on any atom is -0.375 e. The molecule has 1 aromatic heterocycles. The first kappa shape index (κ1) is 10.1. The SMILES string of the molecule is Nc1nc(C([C]=O)S(=O)(=O)O)cs1. The van der Waals surface area contributed by atoms with Crippen LogP contribution in [-0.4, -0.2) is 24.2 Å². The zero-order chi connectivity index (χ0) is 10.1. The first-order valence-corrected chi connectivity index (χ1v) is 5.38. The topological polar surface area (TPSA) is 110 Å². The number of carbonyl (C=O) groups excluding carboxylic acids is 1. The normalized spacial score (nSPS) is 13.9. The average molecular weight is 221 g/mol. The van der Waals surface area contributed by atoms with Gasteiger partial charge in [-0.2, -0.15) is 8.42 Å². The Balaban J connectivity index is 3.12. The number of hydrogen-bond donors (Lipinski definition) is 2. The van der Waals surface area contributed by atoms with E-state index in [0.717, 1.165) is 11.3 Å². The zero-order valence-electron chi connectivity index (χ0n) is 6.17. The molecule has 13 heavy (non-hydrogen) atoms. The molecule has 1 aromatic rings. The zero-order valence-corrected chi connectivity index (χ0v) is 7.80. The van der Waals surface area contributed by atoms with Gasteiger partial charge in [0.2, 0.25) is 6.29 Å². The van der Waals surface area contributed by atoms with Crippen molar-refractivity contribution in [1.82, 2.24) is 4.98 Å². The molecule has 0 fully saturated rings. The fourth-order valence-electron chi connectivity index (χ4n) is 0.695. The predicted molar refractivity (Wildman–Crippen MR) is 46.5 cm³/mol. The van der Waals surface area contributed by atoms with E-state index in [1.807, 2.05) is 0 Å². The van der Waals surface area contributed by atoms with E-state index in [1.165, 1.54) is 11.7 Å². The number of thiazole rings is 1. The largest absolute Gasteiger partial charge is 0.375 e. The summed E-state index contributed by atoms with van der Waals surface area (Å²) in [4.78, 5) is 13.8. The quantitative estimate of drug-likeness (QED) is 0.682. The van der Waals surface area contributed by atoms with E-state index in [0.29, 0.717) is 0 Å². The van der Waals surface area contributed by atoms with Gasteiger partial charge in [-0.05, 0) is 0 Å². The number of hydrogen-bond acceptors (Lipinski definition) is 6. The summed E-state index contributed by atoms with van der Waals surface area (Å²) in [5, 5.41) is -0.362. The van der Waals surface area contributed by atoms with E-state index in [-0.39, 0.29) is 10.8 Å². The molecule has 1 atom stereocenters. The van der Waals surface area contributed by atoms with Gasteiger partial charge in [0.15, 0.2) is 10.4 Å². The van der Waals surface area contributed by atoms with E-state index in [2.05, 4.69) is 4.98 Å².